The molecule has 0 fully saturated rings. The zero-order valence-electron chi connectivity index (χ0n) is 11.7. The molecule has 0 unspecified atom stereocenters. The molecule has 0 bridgehead atoms. The van der Waals surface area contributed by atoms with Gasteiger partial charge in [-0.3, -0.25) is 4.79 Å². The lowest BCUT2D eigenvalue weighted by molar-refractivity contribution is -0.147. The third kappa shape index (κ3) is 2.15. The van der Waals surface area contributed by atoms with E-state index in [4.69, 9.17) is 6.11 Å². The fraction of sp³-hybridized carbons (Fsp3) is 0.133. The predicted octanol–water partition coefficient (Wildman–Crippen LogP) is 1.61. The number of carbonyl (C=O) groups excluding carboxylic acids is 1. The zero-order chi connectivity index (χ0) is 16.1. The van der Waals surface area contributed by atoms with Crippen LogP contribution >= 0.6 is 0 Å². The SMILES string of the molecule is [2H]c1c(O)cc(O)c2c1O[C@](O)(c1ccc(O)cc1)CC2=O. The van der Waals surface area contributed by atoms with E-state index in [-0.39, 0.29) is 22.6 Å². The molecule has 1 aliphatic heterocycles. The number of Topliss-reactive ketones (excluding diaryl/α,β-unsaturated/α-hetero) is 1. The third-order valence-electron chi connectivity index (χ3n) is 3.27. The molecule has 2 aromatic carbocycles. The number of carbonyl (C=O) groups is 1. The molecule has 0 saturated carbocycles. The van der Waals surface area contributed by atoms with E-state index in [1.54, 1.807) is 0 Å². The summed E-state index contributed by atoms with van der Waals surface area (Å²) in [7, 11) is 0. The number of hydrogen-bond acceptors (Lipinski definition) is 6. The summed E-state index contributed by atoms with van der Waals surface area (Å²) < 4.78 is 13.1. The number of benzene rings is 2. The van der Waals surface area contributed by atoms with E-state index in [0.717, 1.165) is 6.07 Å². The maximum Gasteiger partial charge on any atom is 0.242 e. The standard InChI is InChI=1S/C15H12O6/c16-9-3-1-8(2-4-9)15(20)7-12(19)14-11(18)5-10(17)6-13(14)21-15/h1-6,16-18,20H,7H2/t15-/m0/s1/i6D. The molecule has 3 rings (SSSR count). The highest BCUT2D eigenvalue weighted by atomic mass is 16.6. The van der Waals surface area contributed by atoms with E-state index in [1.165, 1.54) is 24.3 Å². The molecule has 4 N–H and O–H groups in total. The molecule has 0 aromatic heterocycles. The molecule has 0 aliphatic carbocycles. The molecule has 21 heavy (non-hydrogen) atoms. The second-order valence-corrected chi connectivity index (χ2v) is 4.78. The summed E-state index contributed by atoms with van der Waals surface area (Å²) in [5.74, 6) is -4.16. The Balaban J connectivity index is 2.14. The fourth-order valence-corrected chi connectivity index (χ4v) is 2.27. The van der Waals surface area contributed by atoms with Gasteiger partial charge in [-0.2, -0.15) is 0 Å². The lowest BCUT2D eigenvalue weighted by Crippen LogP contribution is -2.39. The molecule has 6 heteroatoms. The Morgan fingerprint density at radius 1 is 1.14 bits per heavy atom. The van der Waals surface area contributed by atoms with Gasteiger partial charge in [-0.25, -0.2) is 0 Å². The van der Waals surface area contributed by atoms with E-state index >= 15 is 0 Å². The van der Waals surface area contributed by atoms with Gasteiger partial charge in [-0.1, -0.05) is 0 Å². The van der Waals surface area contributed by atoms with Gasteiger partial charge in [0.2, 0.25) is 5.79 Å². The summed E-state index contributed by atoms with van der Waals surface area (Å²) in [5, 5.41) is 39.2. The summed E-state index contributed by atoms with van der Waals surface area (Å²) in [4.78, 5) is 12.2. The Hall–Kier alpha value is -2.73. The van der Waals surface area contributed by atoms with Crippen LogP contribution in [0.5, 0.6) is 23.0 Å². The summed E-state index contributed by atoms with van der Waals surface area (Å²) in [6, 6.07) is 5.77. The number of ether oxygens (including phenoxy) is 1. The largest absolute Gasteiger partial charge is 0.508 e. The van der Waals surface area contributed by atoms with Crippen LogP contribution in [0.1, 0.15) is 23.7 Å². The summed E-state index contributed by atoms with van der Waals surface area (Å²) in [5.41, 5.74) is -0.0437. The molecule has 2 aromatic rings. The highest BCUT2D eigenvalue weighted by Gasteiger charge is 2.42. The monoisotopic (exact) mass is 289 g/mol. The number of aromatic hydroxyl groups is 3. The highest BCUT2D eigenvalue weighted by Crippen LogP contribution is 2.43. The number of rotatable bonds is 1. The Bertz CT molecular complexity index is 771. The predicted molar refractivity (Wildman–Crippen MR) is 71.4 cm³/mol. The van der Waals surface area contributed by atoms with Crippen LogP contribution in [0, 0.1) is 0 Å². The Kier molecular flexibility index (Phi) is 2.52. The first kappa shape index (κ1) is 12.0. The minimum absolute atomic E-state index is 0.0219. The van der Waals surface area contributed by atoms with Gasteiger partial charge in [0.1, 0.15) is 28.6 Å². The van der Waals surface area contributed by atoms with Crippen molar-refractivity contribution in [2.75, 3.05) is 0 Å². The summed E-state index contributed by atoms with van der Waals surface area (Å²) >= 11 is 0. The van der Waals surface area contributed by atoms with Gasteiger partial charge in [0.05, 0.1) is 7.79 Å². The lowest BCUT2D eigenvalue weighted by Gasteiger charge is -2.33. The second-order valence-electron chi connectivity index (χ2n) is 4.78. The third-order valence-corrected chi connectivity index (χ3v) is 3.27. The Morgan fingerprint density at radius 3 is 2.48 bits per heavy atom. The first-order chi connectivity index (χ1) is 10.3. The van der Waals surface area contributed by atoms with Crippen LogP contribution in [0.15, 0.2) is 36.4 Å². The molecule has 1 heterocycles. The lowest BCUT2D eigenvalue weighted by atomic mass is 9.92. The molecule has 1 atom stereocenters. The first-order valence-corrected chi connectivity index (χ1v) is 6.11. The van der Waals surface area contributed by atoms with Crippen LogP contribution in [0.2, 0.25) is 0 Å². The molecule has 1 aliphatic rings. The molecule has 0 radical (unpaired) electrons. The summed E-state index contributed by atoms with van der Waals surface area (Å²) in [6.07, 6.45) is -0.470. The zero-order valence-corrected chi connectivity index (χ0v) is 10.7. The summed E-state index contributed by atoms with van der Waals surface area (Å²) in [6.45, 7) is 0. The Morgan fingerprint density at radius 2 is 1.81 bits per heavy atom. The van der Waals surface area contributed by atoms with Crippen LogP contribution in [0.4, 0.5) is 0 Å². The first-order valence-electron chi connectivity index (χ1n) is 6.61. The van der Waals surface area contributed by atoms with E-state index in [9.17, 15) is 25.2 Å². The highest BCUT2D eigenvalue weighted by molar-refractivity contribution is 6.03. The van der Waals surface area contributed by atoms with Crippen molar-refractivity contribution in [3.8, 4) is 23.0 Å². The van der Waals surface area contributed by atoms with E-state index in [0.29, 0.717) is 0 Å². The Labute approximate surface area is 120 Å². The number of hydrogen-bond donors (Lipinski definition) is 4. The average molecular weight is 289 g/mol. The van der Waals surface area contributed by atoms with E-state index in [2.05, 4.69) is 0 Å². The van der Waals surface area contributed by atoms with Crippen molar-refractivity contribution >= 4 is 5.78 Å². The van der Waals surface area contributed by atoms with Crippen LogP contribution in [-0.2, 0) is 5.79 Å². The smallest absolute Gasteiger partial charge is 0.242 e. The number of phenols is 3. The molecule has 0 amide bonds. The van der Waals surface area contributed by atoms with Crippen molar-refractivity contribution in [3.63, 3.8) is 0 Å². The minimum Gasteiger partial charge on any atom is -0.508 e. The van der Waals surface area contributed by atoms with Gasteiger partial charge in [0, 0.05) is 17.7 Å². The van der Waals surface area contributed by atoms with Crippen LogP contribution in [0.3, 0.4) is 0 Å². The molecule has 108 valence electrons. The van der Waals surface area contributed by atoms with Gasteiger partial charge >= 0.3 is 0 Å². The molecular formula is C15H12O6. The van der Waals surface area contributed by atoms with Crippen LogP contribution < -0.4 is 4.74 Å². The molecule has 0 saturated heterocycles. The number of phenolic OH excluding ortho intramolecular Hbond substituents is 3. The second kappa shape index (κ2) is 4.39. The number of fused-ring (bicyclic) bond motifs is 1. The van der Waals surface area contributed by atoms with Crippen molar-refractivity contribution in [2.45, 2.75) is 12.2 Å². The molecule has 6 nitrogen and oxygen atoms in total. The van der Waals surface area contributed by atoms with E-state index < -0.39 is 35.5 Å². The van der Waals surface area contributed by atoms with Crippen LogP contribution in [0.25, 0.3) is 0 Å². The van der Waals surface area contributed by atoms with Crippen molar-refractivity contribution in [2.24, 2.45) is 0 Å². The van der Waals surface area contributed by atoms with Gasteiger partial charge < -0.3 is 25.2 Å². The topological polar surface area (TPSA) is 107 Å². The quantitative estimate of drug-likeness (QED) is 0.635. The molecule has 0 spiro atoms. The average Bonchev–Trinajstić information content (AvgIpc) is 2.44. The number of aliphatic hydroxyl groups is 1. The fourth-order valence-electron chi connectivity index (χ4n) is 2.27. The minimum atomic E-state index is -2.05. The van der Waals surface area contributed by atoms with Gasteiger partial charge in [-0.05, 0) is 24.3 Å². The van der Waals surface area contributed by atoms with Gasteiger partial charge in [0.25, 0.3) is 0 Å². The van der Waals surface area contributed by atoms with Crippen molar-refractivity contribution < 1.29 is 31.3 Å². The maximum absolute atomic E-state index is 12.2. The van der Waals surface area contributed by atoms with Gasteiger partial charge in [-0.15, -0.1) is 0 Å². The van der Waals surface area contributed by atoms with Crippen molar-refractivity contribution in [1.29, 1.82) is 0 Å². The molecular weight excluding hydrogens is 276 g/mol. The number of ketones is 1. The normalized spacial score (nSPS) is 21.4. The maximum atomic E-state index is 12.2. The van der Waals surface area contributed by atoms with Crippen LogP contribution in [-0.4, -0.2) is 26.2 Å². The van der Waals surface area contributed by atoms with Gasteiger partial charge in [0.15, 0.2) is 5.78 Å². The van der Waals surface area contributed by atoms with Crippen molar-refractivity contribution in [3.05, 3.63) is 47.5 Å². The van der Waals surface area contributed by atoms with E-state index in [1.807, 2.05) is 0 Å². The van der Waals surface area contributed by atoms with Crippen molar-refractivity contribution in [1.82, 2.24) is 0 Å².